The van der Waals surface area contributed by atoms with Crippen LogP contribution in [0.25, 0.3) is 0 Å². The van der Waals surface area contributed by atoms with Crippen molar-refractivity contribution in [3.8, 4) is 0 Å². The first kappa shape index (κ1) is 24.1. The summed E-state index contributed by atoms with van der Waals surface area (Å²) in [5.74, 6) is -1.60. The molecule has 3 unspecified atom stereocenters. The molecule has 5 rings (SSSR count). The molecule has 3 heterocycles. The lowest BCUT2D eigenvalue weighted by Gasteiger charge is -2.38. The third-order valence-corrected chi connectivity index (χ3v) is 11.4. The Morgan fingerprint density at radius 2 is 1.91 bits per heavy atom. The largest absolute Gasteiger partial charge is 0.394 e. The van der Waals surface area contributed by atoms with Gasteiger partial charge in [-0.1, -0.05) is 65.5 Å². The van der Waals surface area contributed by atoms with E-state index in [-0.39, 0.29) is 40.4 Å². The Labute approximate surface area is 212 Å². The number of aliphatic hydroxyl groups is 1. The van der Waals surface area contributed by atoms with E-state index >= 15 is 0 Å². The van der Waals surface area contributed by atoms with Gasteiger partial charge in [-0.2, -0.15) is 0 Å². The highest BCUT2D eigenvalue weighted by molar-refractivity contribution is 9.09. The van der Waals surface area contributed by atoms with E-state index in [1.165, 1.54) is 6.42 Å². The molecule has 1 aromatic carbocycles. The van der Waals surface area contributed by atoms with Crippen LogP contribution < -0.4 is 10.6 Å². The third kappa shape index (κ3) is 3.69. The fourth-order valence-corrected chi connectivity index (χ4v) is 10.3. The number of aliphatic hydroxyl groups excluding tert-OH is 1. The van der Waals surface area contributed by atoms with E-state index in [4.69, 9.17) is 0 Å². The summed E-state index contributed by atoms with van der Waals surface area (Å²) < 4.78 is -0.700. The van der Waals surface area contributed by atoms with Gasteiger partial charge in [-0.15, -0.1) is 11.8 Å². The van der Waals surface area contributed by atoms with E-state index < -0.39 is 28.7 Å². The first-order valence-corrected chi connectivity index (χ1v) is 14.0. The number of carbonyl (C=O) groups excluding carboxylic acids is 3. The van der Waals surface area contributed by atoms with Crippen molar-refractivity contribution in [3.05, 3.63) is 35.9 Å². The topological polar surface area (TPSA) is 98.7 Å². The standard InChI is InChI=1S/C25H32BrN3O4S/c1-27-22(31)18-19-24(33)29(17(13-30)14-8-4-2-5-9-14)21(25(19)12-16(26)20(18)34-25)23(32)28-15-10-6-3-7-11-15/h2,4-5,8-9,15-21,30H,3,6-7,10-13H2,1H3,(H,27,31)(H,28,32)/t16?,17-,18-,19+,20-,21?,25?/m1/s1. The summed E-state index contributed by atoms with van der Waals surface area (Å²) in [7, 11) is 1.60. The summed E-state index contributed by atoms with van der Waals surface area (Å²) in [6, 6.07) is 8.11. The van der Waals surface area contributed by atoms with Gasteiger partial charge in [0.15, 0.2) is 0 Å². The van der Waals surface area contributed by atoms with Crippen LogP contribution in [0.5, 0.6) is 0 Å². The summed E-state index contributed by atoms with van der Waals surface area (Å²) >= 11 is 5.39. The molecule has 9 heteroatoms. The highest BCUT2D eigenvalue weighted by atomic mass is 79.9. The van der Waals surface area contributed by atoms with Crippen molar-refractivity contribution in [2.45, 2.75) is 71.5 Å². The van der Waals surface area contributed by atoms with Gasteiger partial charge < -0.3 is 20.6 Å². The van der Waals surface area contributed by atoms with Crippen LogP contribution in [0.15, 0.2) is 30.3 Å². The van der Waals surface area contributed by atoms with Gasteiger partial charge in [-0.05, 0) is 24.8 Å². The van der Waals surface area contributed by atoms with E-state index in [1.54, 1.807) is 23.7 Å². The molecule has 4 aliphatic rings. The molecule has 0 radical (unpaired) electrons. The number of hydrogen-bond acceptors (Lipinski definition) is 5. The van der Waals surface area contributed by atoms with Crippen molar-refractivity contribution < 1.29 is 19.5 Å². The van der Waals surface area contributed by atoms with Crippen molar-refractivity contribution in [3.63, 3.8) is 0 Å². The fourth-order valence-electron chi connectivity index (χ4n) is 6.73. The fraction of sp³-hybridized carbons (Fsp3) is 0.640. The van der Waals surface area contributed by atoms with Gasteiger partial charge in [-0.3, -0.25) is 14.4 Å². The van der Waals surface area contributed by atoms with Crippen molar-refractivity contribution in [1.29, 1.82) is 0 Å². The van der Waals surface area contributed by atoms with Gasteiger partial charge in [0.1, 0.15) is 6.04 Å². The second-order valence-electron chi connectivity index (χ2n) is 9.98. The van der Waals surface area contributed by atoms with Gasteiger partial charge >= 0.3 is 0 Å². The smallest absolute Gasteiger partial charge is 0.244 e. The number of carbonyl (C=O) groups is 3. The van der Waals surface area contributed by atoms with Crippen molar-refractivity contribution >= 4 is 45.4 Å². The molecule has 7 nitrogen and oxygen atoms in total. The SMILES string of the molecule is CNC(=O)[C@H]1[C@@H]2SC3(CC2Br)C(C(=O)NC2CCCCC2)N([C@H](CO)c2ccccc2)C(=O)[C@H]13. The quantitative estimate of drug-likeness (QED) is 0.473. The minimum absolute atomic E-state index is 0.0399. The Morgan fingerprint density at radius 3 is 2.56 bits per heavy atom. The summed E-state index contributed by atoms with van der Waals surface area (Å²) in [4.78, 5) is 42.7. The van der Waals surface area contributed by atoms with E-state index in [1.807, 2.05) is 30.3 Å². The van der Waals surface area contributed by atoms with E-state index in [9.17, 15) is 19.5 Å². The van der Waals surface area contributed by atoms with Gasteiger partial charge in [0, 0.05) is 23.2 Å². The molecule has 4 fully saturated rings. The number of halogens is 1. The van der Waals surface area contributed by atoms with E-state index in [0.717, 1.165) is 31.2 Å². The van der Waals surface area contributed by atoms with Gasteiger partial charge in [0.05, 0.1) is 29.2 Å². The maximum Gasteiger partial charge on any atom is 0.244 e. The molecule has 1 aromatic rings. The number of benzene rings is 1. The first-order chi connectivity index (χ1) is 16.4. The van der Waals surface area contributed by atoms with Crippen LogP contribution in [-0.4, -0.2) is 68.3 Å². The van der Waals surface area contributed by atoms with Gasteiger partial charge in [0.2, 0.25) is 17.7 Å². The zero-order valence-corrected chi connectivity index (χ0v) is 21.7. The number of thioether (sulfide) groups is 1. The van der Waals surface area contributed by atoms with Crippen LogP contribution in [0.3, 0.4) is 0 Å². The Bertz CT molecular complexity index is 959. The molecule has 7 atom stereocenters. The van der Waals surface area contributed by atoms with Gasteiger partial charge in [-0.25, -0.2) is 0 Å². The van der Waals surface area contributed by atoms with Crippen LogP contribution in [-0.2, 0) is 14.4 Å². The number of fused-ring (bicyclic) bond motifs is 1. The minimum Gasteiger partial charge on any atom is -0.394 e. The van der Waals surface area contributed by atoms with Crippen LogP contribution in [0.4, 0.5) is 0 Å². The maximum absolute atomic E-state index is 14.1. The summed E-state index contributed by atoms with van der Waals surface area (Å²) in [5.41, 5.74) is 0.789. The molecule has 0 aromatic heterocycles. The number of rotatable bonds is 6. The second-order valence-corrected chi connectivity index (χ2v) is 12.7. The average Bonchev–Trinajstić information content (AvgIpc) is 3.44. The molecule has 34 heavy (non-hydrogen) atoms. The molecule has 3 saturated heterocycles. The van der Waals surface area contributed by atoms with Crippen molar-refractivity contribution in [1.82, 2.24) is 15.5 Å². The predicted octanol–water partition coefficient (Wildman–Crippen LogP) is 2.38. The van der Waals surface area contributed by atoms with Crippen LogP contribution in [0.1, 0.15) is 50.1 Å². The monoisotopic (exact) mass is 549 g/mol. The van der Waals surface area contributed by atoms with Crippen molar-refractivity contribution in [2.24, 2.45) is 11.8 Å². The lowest BCUT2D eigenvalue weighted by molar-refractivity contribution is -0.143. The highest BCUT2D eigenvalue weighted by Gasteiger charge is 2.76. The Morgan fingerprint density at radius 1 is 1.21 bits per heavy atom. The average molecular weight is 551 g/mol. The molecular formula is C25H32BrN3O4S. The van der Waals surface area contributed by atoms with Crippen molar-refractivity contribution in [2.75, 3.05) is 13.7 Å². The Kier molecular flexibility index (Phi) is 6.72. The molecule has 3 N–H and O–H groups in total. The second kappa shape index (κ2) is 9.47. The minimum atomic E-state index is -0.742. The zero-order valence-electron chi connectivity index (χ0n) is 19.3. The molecule has 184 valence electrons. The molecule has 1 saturated carbocycles. The van der Waals surface area contributed by atoms with E-state index in [0.29, 0.717) is 6.42 Å². The maximum atomic E-state index is 14.1. The van der Waals surface area contributed by atoms with Crippen LogP contribution in [0.2, 0.25) is 0 Å². The molecule has 3 aliphatic heterocycles. The molecule has 1 aliphatic carbocycles. The summed E-state index contributed by atoms with van der Waals surface area (Å²) in [5, 5.41) is 16.4. The van der Waals surface area contributed by atoms with Gasteiger partial charge in [0.25, 0.3) is 0 Å². The van der Waals surface area contributed by atoms with Crippen LogP contribution in [0, 0.1) is 11.8 Å². The third-order valence-electron chi connectivity index (χ3n) is 8.17. The first-order valence-electron chi connectivity index (χ1n) is 12.2. The number of alkyl halides is 1. The zero-order chi connectivity index (χ0) is 24.0. The number of nitrogens with one attached hydrogen (secondary N) is 2. The van der Waals surface area contributed by atoms with E-state index in [2.05, 4.69) is 26.6 Å². The highest BCUT2D eigenvalue weighted by Crippen LogP contribution is 2.68. The molecule has 3 amide bonds. The molecule has 1 spiro atoms. The predicted molar refractivity (Wildman–Crippen MR) is 134 cm³/mol. The summed E-state index contributed by atoms with van der Waals surface area (Å²) in [6.07, 6.45) is 5.90. The number of likely N-dealkylation sites (tertiary alicyclic amines) is 1. The molecule has 2 bridgehead atoms. The number of hydrogen-bond donors (Lipinski definition) is 3. The normalized spacial score (nSPS) is 35.8. The Hall–Kier alpha value is -1.58. The number of amides is 3. The Balaban J connectivity index is 1.57. The lowest BCUT2D eigenvalue weighted by atomic mass is 9.70. The lowest BCUT2D eigenvalue weighted by Crippen LogP contribution is -2.57. The molecular weight excluding hydrogens is 518 g/mol. The number of nitrogens with zero attached hydrogens (tertiary/aromatic N) is 1. The summed E-state index contributed by atoms with van der Waals surface area (Å²) in [6.45, 7) is -0.289. The van der Waals surface area contributed by atoms with Crippen LogP contribution >= 0.6 is 27.7 Å².